The van der Waals surface area contributed by atoms with Crippen molar-refractivity contribution in [1.82, 2.24) is 15.2 Å². The van der Waals surface area contributed by atoms with Crippen LogP contribution in [0.15, 0.2) is 48.5 Å². The summed E-state index contributed by atoms with van der Waals surface area (Å²) in [7, 11) is 0. The Hall–Kier alpha value is -2.90. The normalized spacial score (nSPS) is 10.5. The number of aromatic amines is 1. The van der Waals surface area contributed by atoms with Crippen LogP contribution in [0.3, 0.4) is 0 Å². The average molecular weight is 416 g/mol. The molecule has 0 saturated carbocycles. The van der Waals surface area contributed by atoms with Gasteiger partial charge in [0.25, 0.3) is 0 Å². The van der Waals surface area contributed by atoms with Crippen molar-refractivity contribution in [3.8, 4) is 17.1 Å². The number of H-pyrrole nitrogens is 1. The number of benzene rings is 2. The summed E-state index contributed by atoms with van der Waals surface area (Å²) in [6.07, 6.45) is 0.299. The molecule has 0 atom stereocenters. The molecule has 154 valence electrons. The second-order valence-electron chi connectivity index (χ2n) is 6.96. The van der Waals surface area contributed by atoms with Crippen molar-refractivity contribution in [2.24, 2.45) is 11.7 Å². The maximum Gasteiger partial charge on any atom is 0.228 e. The molecule has 1 heterocycles. The highest BCUT2D eigenvalue weighted by Crippen LogP contribution is 2.18. The van der Waals surface area contributed by atoms with E-state index in [0.29, 0.717) is 37.1 Å². The molecule has 0 spiro atoms. The molecule has 0 fully saturated rings. The van der Waals surface area contributed by atoms with Gasteiger partial charge in [-0.15, -0.1) is 12.4 Å². The fourth-order valence-electron chi connectivity index (χ4n) is 2.58. The van der Waals surface area contributed by atoms with Crippen molar-refractivity contribution >= 4 is 24.0 Å². The van der Waals surface area contributed by atoms with Crippen LogP contribution in [0, 0.1) is 5.92 Å². The number of hydrogen-bond acceptors (Lipinski definition) is 5. The third kappa shape index (κ3) is 6.58. The lowest BCUT2D eigenvalue weighted by Gasteiger charge is -2.09. The van der Waals surface area contributed by atoms with Gasteiger partial charge in [-0.25, -0.2) is 4.98 Å². The number of aromatic nitrogens is 3. The molecular formula is C21H26ClN5O2. The van der Waals surface area contributed by atoms with Gasteiger partial charge in [-0.05, 0) is 47.9 Å². The Morgan fingerprint density at radius 3 is 2.41 bits per heavy atom. The lowest BCUT2D eigenvalue weighted by Crippen LogP contribution is -2.14. The molecule has 1 aromatic heterocycles. The van der Waals surface area contributed by atoms with Gasteiger partial charge in [0, 0.05) is 11.3 Å². The minimum Gasteiger partial charge on any atom is -0.493 e. The van der Waals surface area contributed by atoms with E-state index in [9.17, 15) is 4.79 Å². The third-order valence-electron chi connectivity index (χ3n) is 4.02. The van der Waals surface area contributed by atoms with Crippen molar-refractivity contribution in [3.63, 3.8) is 0 Å². The molecule has 0 aliphatic carbocycles. The molecule has 4 N–H and O–H groups in total. The van der Waals surface area contributed by atoms with Gasteiger partial charge in [-0.3, -0.25) is 9.89 Å². The Bertz CT molecular complexity index is 908. The Morgan fingerprint density at radius 1 is 1.14 bits per heavy atom. The molecule has 0 aliphatic rings. The van der Waals surface area contributed by atoms with E-state index >= 15 is 0 Å². The molecule has 3 aromatic rings. The fraction of sp³-hybridized carbons (Fsp3) is 0.286. The Labute approximate surface area is 176 Å². The van der Waals surface area contributed by atoms with Crippen LogP contribution in [0.5, 0.6) is 5.75 Å². The van der Waals surface area contributed by atoms with Gasteiger partial charge in [0.15, 0.2) is 5.82 Å². The smallest absolute Gasteiger partial charge is 0.228 e. The number of rotatable bonds is 8. The van der Waals surface area contributed by atoms with E-state index < -0.39 is 0 Å². The molecule has 3 rings (SSSR count). The first kappa shape index (κ1) is 22.4. The van der Waals surface area contributed by atoms with E-state index in [1.807, 2.05) is 48.5 Å². The molecule has 0 radical (unpaired) electrons. The molecular weight excluding hydrogens is 390 g/mol. The van der Waals surface area contributed by atoms with Gasteiger partial charge in [-0.2, -0.15) is 5.10 Å². The van der Waals surface area contributed by atoms with Crippen LogP contribution in [-0.4, -0.2) is 27.7 Å². The number of nitrogens with zero attached hydrogens (tertiary/aromatic N) is 2. The van der Waals surface area contributed by atoms with E-state index in [4.69, 9.17) is 10.5 Å². The van der Waals surface area contributed by atoms with E-state index in [1.54, 1.807) is 0 Å². The average Bonchev–Trinajstić information content (AvgIpc) is 3.17. The number of amides is 1. The predicted molar refractivity (Wildman–Crippen MR) is 116 cm³/mol. The van der Waals surface area contributed by atoms with Gasteiger partial charge in [0.2, 0.25) is 5.91 Å². The van der Waals surface area contributed by atoms with Crippen LogP contribution in [-0.2, 0) is 17.8 Å². The minimum atomic E-state index is -0.0769. The van der Waals surface area contributed by atoms with Gasteiger partial charge in [0.1, 0.15) is 11.6 Å². The summed E-state index contributed by atoms with van der Waals surface area (Å²) in [5.41, 5.74) is 8.04. The summed E-state index contributed by atoms with van der Waals surface area (Å²) >= 11 is 0. The van der Waals surface area contributed by atoms with Crippen molar-refractivity contribution in [2.45, 2.75) is 26.8 Å². The molecule has 0 unspecified atom stereocenters. The van der Waals surface area contributed by atoms with Crippen molar-refractivity contribution in [2.75, 3.05) is 11.9 Å². The van der Waals surface area contributed by atoms with Crippen molar-refractivity contribution in [3.05, 3.63) is 59.9 Å². The molecule has 0 aliphatic heterocycles. The first-order chi connectivity index (χ1) is 13.5. The fourth-order valence-corrected chi connectivity index (χ4v) is 2.58. The summed E-state index contributed by atoms with van der Waals surface area (Å²) in [6, 6.07) is 15.0. The molecule has 0 saturated heterocycles. The highest BCUT2D eigenvalue weighted by molar-refractivity contribution is 5.92. The van der Waals surface area contributed by atoms with E-state index in [1.165, 1.54) is 0 Å². The van der Waals surface area contributed by atoms with Crippen LogP contribution >= 0.6 is 12.4 Å². The maximum atomic E-state index is 12.3. The molecule has 1 amide bonds. The number of hydrogen-bond donors (Lipinski definition) is 3. The Morgan fingerprint density at radius 2 is 1.83 bits per heavy atom. The van der Waals surface area contributed by atoms with Gasteiger partial charge >= 0.3 is 0 Å². The SMILES string of the molecule is CC(C)COc1ccc(CC(=O)Nc2ccc(-c3n[nH]c(CN)n3)cc2)cc1.Cl. The number of carbonyl (C=O) groups is 1. The monoisotopic (exact) mass is 415 g/mol. The number of ether oxygens (including phenoxy) is 1. The summed E-state index contributed by atoms with van der Waals surface area (Å²) in [5, 5.41) is 9.80. The number of anilines is 1. The Kier molecular flexibility index (Phi) is 8.18. The van der Waals surface area contributed by atoms with Gasteiger partial charge in [-0.1, -0.05) is 26.0 Å². The van der Waals surface area contributed by atoms with Gasteiger partial charge in [0.05, 0.1) is 19.6 Å². The van der Waals surface area contributed by atoms with E-state index in [-0.39, 0.29) is 18.3 Å². The zero-order valence-corrected chi connectivity index (χ0v) is 17.3. The van der Waals surface area contributed by atoms with Crippen LogP contribution in [0.25, 0.3) is 11.4 Å². The number of nitrogens with two attached hydrogens (primary N) is 1. The quantitative estimate of drug-likeness (QED) is 0.521. The molecule has 0 bridgehead atoms. The number of nitrogens with one attached hydrogen (secondary N) is 2. The van der Waals surface area contributed by atoms with Crippen LogP contribution in [0.2, 0.25) is 0 Å². The summed E-state index contributed by atoms with van der Waals surface area (Å²) < 4.78 is 5.66. The summed E-state index contributed by atoms with van der Waals surface area (Å²) in [4.78, 5) is 16.6. The molecule has 29 heavy (non-hydrogen) atoms. The largest absolute Gasteiger partial charge is 0.493 e. The highest BCUT2D eigenvalue weighted by Gasteiger charge is 2.08. The van der Waals surface area contributed by atoms with E-state index in [0.717, 1.165) is 22.6 Å². The zero-order valence-electron chi connectivity index (χ0n) is 16.5. The third-order valence-corrected chi connectivity index (χ3v) is 4.02. The second-order valence-corrected chi connectivity index (χ2v) is 6.96. The van der Waals surface area contributed by atoms with E-state index in [2.05, 4.69) is 34.3 Å². The summed E-state index contributed by atoms with van der Waals surface area (Å²) in [6.45, 7) is 5.20. The molecule has 2 aromatic carbocycles. The zero-order chi connectivity index (χ0) is 19.9. The number of halogens is 1. The molecule has 8 heteroatoms. The first-order valence-corrected chi connectivity index (χ1v) is 9.27. The lowest BCUT2D eigenvalue weighted by molar-refractivity contribution is -0.115. The summed E-state index contributed by atoms with van der Waals surface area (Å²) in [5.74, 6) is 2.43. The second kappa shape index (κ2) is 10.6. The van der Waals surface area contributed by atoms with Crippen LogP contribution in [0.4, 0.5) is 5.69 Å². The van der Waals surface area contributed by atoms with Crippen LogP contribution < -0.4 is 15.8 Å². The topological polar surface area (TPSA) is 106 Å². The minimum absolute atomic E-state index is 0. The van der Waals surface area contributed by atoms with Crippen LogP contribution in [0.1, 0.15) is 25.2 Å². The van der Waals surface area contributed by atoms with Crippen molar-refractivity contribution < 1.29 is 9.53 Å². The highest BCUT2D eigenvalue weighted by atomic mass is 35.5. The predicted octanol–water partition coefficient (Wildman–Crippen LogP) is 3.57. The first-order valence-electron chi connectivity index (χ1n) is 9.27. The Balaban J connectivity index is 0.00000300. The maximum absolute atomic E-state index is 12.3. The molecule has 7 nitrogen and oxygen atoms in total. The standard InChI is InChI=1S/C21H25N5O2.ClH/c1-14(2)13-28-18-9-3-15(4-10-18)11-20(27)23-17-7-5-16(6-8-17)21-24-19(12-22)25-26-21;/h3-10,14H,11-13,22H2,1-2H3,(H,23,27)(H,24,25,26);1H. The van der Waals surface area contributed by atoms with Crippen molar-refractivity contribution in [1.29, 1.82) is 0 Å². The number of carbonyl (C=O) groups excluding carboxylic acids is 1. The van der Waals surface area contributed by atoms with Gasteiger partial charge < -0.3 is 15.8 Å². The lowest BCUT2D eigenvalue weighted by atomic mass is 10.1.